The Morgan fingerprint density at radius 2 is 2.38 bits per heavy atom. The normalized spacial score (nSPS) is 10.6. The molecule has 0 bridgehead atoms. The number of halogens is 1. The fraction of sp³-hybridized carbons (Fsp3) is 0.125. The molecule has 0 amide bonds. The molecule has 4 nitrogen and oxygen atoms in total. The number of pyridine rings is 1. The zero-order valence-electron chi connectivity index (χ0n) is 6.84. The minimum atomic E-state index is -0.409. The van der Waals surface area contributed by atoms with Gasteiger partial charge in [-0.2, -0.15) is 0 Å². The van der Waals surface area contributed by atoms with Gasteiger partial charge >= 0.3 is 0 Å². The molecule has 2 rings (SSSR count). The van der Waals surface area contributed by atoms with Gasteiger partial charge in [-0.25, -0.2) is 14.4 Å². The van der Waals surface area contributed by atoms with Gasteiger partial charge in [-0.15, -0.1) is 0 Å². The van der Waals surface area contributed by atoms with Crippen LogP contribution in [0.4, 0.5) is 4.39 Å². The lowest BCUT2D eigenvalue weighted by atomic mass is 10.2. The van der Waals surface area contributed by atoms with Crippen LogP contribution in [0.15, 0.2) is 6.20 Å². The van der Waals surface area contributed by atoms with E-state index in [0.717, 1.165) is 6.20 Å². The van der Waals surface area contributed by atoms with Crippen LogP contribution in [0, 0.1) is 12.7 Å². The summed E-state index contributed by atoms with van der Waals surface area (Å²) in [5.74, 6) is -0.246. The first kappa shape index (κ1) is 7.85. The topological polar surface area (TPSA) is 58.6 Å². The van der Waals surface area contributed by atoms with Gasteiger partial charge in [-0.1, -0.05) is 0 Å². The van der Waals surface area contributed by atoms with Crippen molar-refractivity contribution in [2.75, 3.05) is 0 Å². The molecule has 0 aliphatic carbocycles. The molecule has 2 aromatic heterocycles. The maximum atomic E-state index is 13.0. The van der Waals surface area contributed by atoms with Crippen molar-refractivity contribution in [2.24, 2.45) is 0 Å². The minimum Gasteiger partial charge on any atom is -0.334 e. The minimum absolute atomic E-state index is 0.163. The van der Waals surface area contributed by atoms with Crippen molar-refractivity contribution < 1.29 is 9.18 Å². The molecule has 0 saturated carbocycles. The van der Waals surface area contributed by atoms with Crippen molar-refractivity contribution in [1.29, 1.82) is 0 Å². The van der Waals surface area contributed by atoms with Gasteiger partial charge in [0.2, 0.25) is 0 Å². The molecule has 0 aromatic carbocycles. The van der Waals surface area contributed by atoms with E-state index < -0.39 is 5.82 Å². The number of aldehydes is 1. The van der Waals surface area contributed by atoms with Crippen LogP contribution in [0.3, 0.4) is 0 Å². The second-order valence-electron chi connectivity index (χ2n) is 2.67. The quantitative estimate of drug-likeness (QED) is 0.669. The molecule has 2 aromatic rings. The molecular weight excluding hydrogens is 173 g/mol. The molecule has 0 aliphatic heterocycles. The first-order valence-corrected chi connectivity index (χ1v) is 3.68. The SMILES string of the molecule is Cc1c(F)cnc2nc(C=O)[nH]c12. The number of hydrogen-bond donors (Lipinski definition) is 1. The molecule has 0 saturated heterocycles. The number of imidazole rings is 1. The van der Waals surface area contributed by atoms with Gasteiger partial charge in [0, 0.05) is 5.56 Å². The van der Waals surface area contributed by atoms with E-state index in [4.69, 9.17) is 0 Å². The second kappa shape index (κ2) is 2.62. The monoisotopic (exact) mass is 179 g/mol. The number of aromatic amines is 1. The summed E-state index contributed by atoms with van der Waals surface area (Å²) in [6.07, 6.45) is 1.66. The predicted octanol–water partition coefficient (Wildman–Crippen LogP) is 1.22. The lowest BCUT2D eigenvalue weighted by Crippen LogP contribution is -1.86. The molecule has 5 heteroatoms. The first-order chi connectivity index (χ1) is 6.22. The van der Waals surface area contributed by atoms with Crippen molar-refractivity contribution in [2.45, 2.75) is 6.92 Å². The standard InChI is InChI=1S/C8H6FN3O/c1-4-5(9)2-10-8-7(4)11-6(3-13)12-8/h2-3H,1H3,(H,10,11,12). The van der Waals surface area contributed by atoms with Crippen molar-refractivity contribution in [3.63, 3.8) is 0 Å². The molecule has 0 unspecified atom stereocenters. The molecule has 0 spiro atoms. The molecule has 0 atom stereocenters. The summed E-state index contributed by atoms with van der Waals surface area (Å²) in [5.41, 5.74) is 1.26. The number of aromatic nitrogens is 3. The van der Waals surface area contributed by atoms with Gasteiger partial charge in [-0.05, 0) is 6.92 Å². The Bertz CT molecular complexity index is 477. The van der Waals surface area contributed by atoms with Gasteiger partial charge in [-0.3, -0.25) is 4.79 Å². The van der Waals surface area contributed by atoms with Gasteiger partial charge in [0.1, 0.15) is 5.82 Å². The average Bonchev–Trinajstić information content (AvgIpc) is 2.55. The van der Waals surface area contributed by atoms with Crippen LogP contribution in [-0.4, -0.2) is 21.2 Å². The Morgan fingerprint density at radius 1 is 1.62 bits per heavy atom. The Morgan fingerprint density at radius 3 is 3.08 bits per heavy atom. The molecule has 13 heavy (non-hydrogen) atoms. The van der Waals surface area contributed by atoms with E-state index in [-0.39, 0.29) is 5.82 Å². The average molecular weight is 179 g/mol. The number of H-pyrrole nitrogens is 1. The van der Waals surface area contributed by atoms with Crippen LogP contribution in [0.1, 0.15) is 16.2 Å². The Hall–Kier alpha value is -1.78. The maximum Gasteiger partial charge on any atom is 0.185 e. The first-order valence-electron chi connectivity index (χ1n) is 3.68. The molecule has 1 N–H and O–H groups in total. The highest BCUT2D eigenvalue weighted by Crippen LogP contribution is 2.15. The number of carbonyl (C=O) groups excluding carboxylic acids is 1. The zero-order chi connectivity index (χ0) is 9.42. The summed E-state index contributed by atoms with van der Waals surface area (Å²) >= 11 is 0. The number of fused-ring (bicyclic) bond motifs is 1. The smallest absolute Gasteiger partial charge is 0.185 e. The Labute approximate surface area is 72.8 Å². The third kappa shape index (κ3) is 1.09. The molecular formula is C8H6FN3O. The van der Waals surface area contributed by atoms with E-state index in [1.165, 1.54) is 0 Å². The van der Waals surface area contributed by atoms with E-state index >= 15 is 0 Å². The highest BCUT2D eigenvalue weighted by atomic mass is 19.1. The largest absolute Gasteiger partial charge is 0.334 e. The second-order valence-corrected chi connectivity index (χ2v) is 2.67. The van der Waals surface area contributed by atoms with Crippen LogP contribution in [0.2, 0.25) is 0 Å². The Balaban J connectivity index is 2.83. The highest BCUT2D eigenvalue weighted by molar-refractivity contribution is 5.81. The van der Waals surface area contributed by atoms with E-state index in [1.54, 1.807) is 6.92 Å². The fourth-order valence-electron chi connectivity index (χ4n) is 1.13. The molecule has 0 fully saturated rings. The number of nitrogens with one attached hydrogen (secondary N) is 1. The highest BCUT2D eigenvalue weighted by Gasteiger charge is 2.08. The number of hydrogen-bond acceptors (Lipinski definition) is 3. The summed E-state index contributed by atoms with van der Waals surface area (Å²) in [5, 5.41) is 0. The summed E-state index contributed by atoms with van der Waals surface area (Å²) in [6.45, 7) is 1.60. The van der Waals surface area contributed by atoms with E-state index in [1.807, 2.05) is 0 Å². The van der Waals surface area contributed by atoms with E-state index in [2.05, 4.69) is 15.0 Å². The third-order valence-corrected chi connectivity index (χ3v) is 1.85. The summed E-state index contributed by atoms with van der Waals surface area (Å²) in [7, 11) is 0. The van der Waals surface area contributed by atoms with Crippen molar-refractivity contribution in [3.05, 3.63) is 23.4 Å². The maximum absolute atomic E-state index is 13.0. The van der Waals surface area contributed by atoms with Crippen molar-refractivity contribution >= 4 is 17.5 Å². The van der Waals surface area contributed by atoms with Gasteiger partial charge < -0.3 is 4.98 Å². The molecule has 2 heterocycles. The van der Waals surface area contributed by atoms with Crippen LogP contribution in [-0.2, 0) is 0 Å². The van der Waals surface area contributed by atoms with Gasteiger partial charge in [0.25, 0.3) is 0 Å². The number of rotatable bonds is 1. The van der Waals surface area contributed by atoms with E-state index in [9.17, 15) is 9.18 Å². The summed E-state index contributed by atoms with van der Waals surface area (Å²) in [4.78, 5) is 20.6. The van der Waals surface area contributed by atoms with Crippen molar-refractivity contribution in [3.8, 4) is 0 Å². The number of aryl methyl sites for hydroxylation is 1. The Kier molecular flexibility index (Phi) is 1.58. The van der Waals surface area contributed by atoms with E-state index in [0.29, 0.717) is 23.0 Å². The number of carbonyl (C=O) groups is 1. The molecule has 0 radical (unpaired) electrons. The van der Waals surface area contributed by atoms with Crippen LogP contribution >= 0.6 is 0 Å². The van der Waals surface area contributed by atoms with Gasteiger partial charge in [0.15, 0.2) is 17.8 Å². The summed E-state index contributed by atoms with van der Waals surface area (Å²) < 4.78 is 13.0. The number of nitrogens with zero attached hydrogens (tertiary/aromatic N) is 2. The third-order valence-electron chi connectivity index (χ3n) is 1.85. The molecule has 0 aliphatic rings. The van der Waals surface area contributed by atoms with Crippen LogP contribution in [0.25, 0.3) is 11.2 Å². The van der Waals surface area contributed by atoms with Crippen LogP contribution < -0.4 is 0 Å². The predicted molar refractivity (Wildman–Crippen MR) is 44.0 cm³/mol. The zero-order valence-corrected chi connectivity index (χ0v) is 6.84. The van der Waals surface area contributed by atoms with Crippen LogP contribution in [0.5, 0.6) is 0 Å². The fourth-order valence-corrected chi connectivity index (χ4v) is 1.13. The molecule has 66 valence electrons. The lowest BCUT2D eigenvalue weighted by molar-refractivity contribution is 0.111. The summed E-state index contributed by atoms with van der Waals surface area (Å²) in [6, 6.07) is 0. The van der Waals surface area contributed by atoms with Crippen molar-refractivity contribution in [1.82, 2.24) is 15.0 Å². The van der Waals surface area contributed by atoms with Gasteiger partial charge in [0.05, 0.1) is 11.7 Å². The lowest BCUT2D eigenvalue weighted by Gasteiger charge is -1.94.